The molecule has 2 unspecified atom stereocenters. The molecule has 0 saturated carbocycles. The van der Waals surface area contributed by atoms with Gasteiger partial charge in [-0.05, 0) is 34.1 Å². The Bertz CT molecular complexity index is 455. The molecule has 0 amide bonds. The third-order valence-corrected chi connectivity index (χ3v) is 4.99. The number of hydrogen-bond acceptors (Lipinski definition) is 1. The maximum atomic E-state index is 2.38. The zero-order valence-corrected chi connectivity index (χ0v) is 10.4. The fourth-order valence-electron chi connectivity index (χ4n) is 2.46. The van der Waals surface area contributed by atoms with Crippen LogP contribution in [0.2, 0.25) is 0 Å². The number of rotatable bonds is 2. The van der Waals surface area contributed by atoms with E-state index in [1.165, 1.54) is 28.8 Å². The van der Waals surface area contributed by atoms with Gasteiger partial charge in [0.05, 0.1) is 0 Å². The molecule has 2 atom stereocenters. The number of aromatic nitrogens is 1. The van der Waals surface area contributed by atoms with Gasteiger partial charge >= 0.3 is 0 Å². The highest BCUT2D eigenvalue weighted by Gasteiger charge is 2.23. The highest BCUT2D eigenvalue weighted by molar-refractivity contribution is 7.99. The third kappa shape index (κ3) is 1.86. The summed E-state index contributed by atoms with van der Waals surface area (Å²) in [5, 5.41) is 2.72. The quantitative estimate of drug-likeness (QED) is 0.764. The molecule has 1 fully saturated rings. The average molecular weight is 231 g/mol. The monoisotopic (exact) mass is 231 g/mol. The lowest BCUT2D eigenvalue weighted by atomic mass is 9.98. The zero-order valence-electron chi connectivity index (χ0n) is 9.60. The largest absolute Gasteiger partial charge is 0.353 e. The molecule has 84 valence electrons. The fourth-order valence-corrected chi connectivity index (χ4v) is 3.97. The molecule has 0 spiro atoms. The summed E-state index contributed by atoms with van der Waals surface area (Å²) in [4.78, 5) is 0. The van der Waals surface area contributed by atoms with E-state index in [2.05, 4.69) is 59.9 Å². The van der Waals surface area contributed by atoms with Crippen LogP contribution in [-0.4, -0.2) is 16.1 Å². The molecule has 0 radical (unpaired) electrons. The van der Waals surface area contributed by atoms with E-state index in [0.29, 0.717) is 0 Å². The van der Waals surface area contributed by atoms with Gasteiger partial charge in [-0.15, -0.1) is 0 Å². The van der Waals surface area contributed by atoms with Crippen molar-refractivity contribution in [2.24, 2.45) is 11.8 Å². The van der Waals surface area contributed by atoms with Crippen LogP contribution in [-0.2, 0) is 6.54 Å². The molecule has 1 aromatic carbocycles. The fraction of sp³-hybridized carbons (Fsp3) is 0.429. The van der Waals surface area contributed by atoms with Crippen LogP contribution in [0.25, 0.3) is 10.8 Å². The molecular formula is C14H17NS. The van der Waals surface area contributed by atoms with Crippen molar-refractivity contribution in [3.8, 4) is 0 Å². The summed E-state index contributed by atoms with van der Waals surface area (Å²) in [6, 6.07) is 8.61. The van der Waals surface area contributed by atoms with Crippen LogP contribution < -0.4 is 0 Å². The molecule has 0 N–H and O–H groups in total. The second-order valence-electron chi connectivity index (χ2n) is 4.86. The van der Waals surface area contributed by atoms with Crippen LogP contribution in [0.15, 0.2) is 36.7 Å². The Morgan fingerprint density at radius 1 is 1.19 bits per heavy atom. The molecule has 1 nitrogen and oxygen atoms in total. The molecule has 1 saturated heterocycles. The zero-order chi connectivity index (χ0) is 11.0. The topological polar surface area (TPSA) is 4.93 Å². The average Bonchev–Trinajstić information content (AvgIpc) is 2.85. The molecule has 2 aromatic rings. The van der Waals surface area contributed by atoms with Gasteiger partial charge in [-0.3, -0.25) is 0 Å². The molecular weight excluding hydrogens is 214 g/mol. The van der Waals surface area contributed by atoms with Crippen LogP contribution in [0, 0.1) is 11.8 Å². The maximum absolute atomic E-state index is 2.38. The van der Waals surface area contributed by atoms with Crippen molar-refractivity contribution in [1.29, 1.82) is 0 Å². The van der Waals surface area contributed by atoms with Crippen LogP contribution in [0.1, 0.15) is 6.92 Å². The number of benzene rings is 1. The number of nitrogens with zero attached hydrogens (tertiary/aromatic N) is 1. The highest BCUT2D eigenvalue weighted by Crippen LogP contribution is 2.31. The number of fused-ring (bicyclic) bond motifs is 1. The first-order valence-corrected chi connectivity index (χ1v) is 7.10. The SMILES string of the molecule is CC1CSCC1Cn1cc2ccccc2c1. The first-order valence-electron chi connectivity index (χ1n) is 5.95. The van der Waals surface area contributed by atoms with E-state index < -0.39 is 0 Å². The molecule has 0 bridgehead atoms. The van der Waals surface area contributed by atoms with E-state index in [1.54, 1.807) is 0 Å². The van der Waals surface area contributed by atoms with E-state index >= 15 is 0 Å². The van der Waals surface area contributed by atoms with Crippen LogP contribution in [0.5, 0.6) is 0 Å². The first kappa shape index (κ1) is 10.3. The van der Waals surface area contributed by atoms with Gasteiger partial charge in [-0.25, -0.2) is 0 Å². The Kier molecular flexibility index (Phi) is 2.68. The minimum absolute atomic E-state index is 0.854. The Labute approximate surface area is 101 Å². The molecule has 2 heterocycles. The van der Waals surface area contributed by atoms with E-state index in [1.807, 2.05) is 0 Å². The third-order valence-electron chi connectivity index (χ3n) is 3.57. The van der Waals surface area contributed by atoms with Crippen molar-refractivity contribution in [1.82, 2.24) is 4.57 Å². The standard InChI is InChI=1S/C14H17NS/c1-11-9-16-10-14(11)8-15-6-12-4-2-3-5-13(12)7-15/h2-7,11,14H,8-10H2,1H3. The summed E-state index contributed by atoms with van der Waals surface area (Å²) in [7, 11) is 0. The van der Waals surface area contributed by atoms with Crippen molar-refractivity contribution in [2.45, 2.75) is 13.5 Å². The maximum Gasteiger partial charge on any atom is 0.0259 e. The number of hydrogen-bond donors (Lipinski definition) is 0. The lowest BCUT2D eigenvalue weighted by molar-refractivity contribution is 0.393. The van der Waals surface area contributed by atoms with Crippen LogP contribution in [0.3, 0.4) is 0 Å². The first-order chi connectivity index (χ1) is 7.83. The van der Waals surface area contributed by atoms with Gasteiger partial charge in [0.1, 0.15) is 0 Å². The van der Waals surface area contributed by atoms with Gasteiger partial charge in [-0.1, -0.05) is 31.2 Å². The van der Waals surface area contributed by atoms with E-state index in [0.717, 1.165) is 11.8 Å². The molecule has 16 heavy (non-hydrogen) atoms. The molecule has 3 rings (SSSR count). The highest BCUT2D eigenvalue weighted by atomic mass is 32.2. The van der Waals surface area contributed by atoms with Gasteiger partial charge in [0.15, 0.2) is 0 Å². The predicted octanol–water partition coefficient (Wildman–Crippen LogP) is 3.64. The normalized spacial score (nSPS) is 25.3. The molecule has 0 aliphatic carbocycles. The van der Waals surface area contributed by atoms with Gasteiger partial charge in [0, 0.05) is 18.9 Å². The second kappa shape index (κ2) is 4.17. The smallest absolute Gasteiger partial charge is 0.0259 e. The second-order valence-corrected chi connectivity index (χ2v) is 5.93. The minimum atomic E-state index is 0.854. The summed E-state index contributed by atoms with van der Waals surface area (Å²) in [6.07, 6.45) is 4.57. The molecule has 1 aromatic heterocycles. The summed E-state index contributed by atoms with van der Waals surface area (Å²) < 4.78 is 2.37. The van der Waals surface area contributed by atoms with Gasteiger partial charge < -0.3 is 4.57 Å². The van der Waals surface area contributed by atoms with Gasteiger partial charge in [0.25, 0.3) is 0 Å². The lowest BCUT2D eigenvalue weighted by Gasteiger charge is -2.14. The summed E-state index contributed by atoms with van der Waals surface area (Å²) >= 11 is 2.10. The lowest BCUT2D eigenvalue weighted by Crippen LogP contribution is -2.15. The van der Waals surface area contributed by atoms with Crippen LogP contribution >= 0.6 is 11.8 Å². The van der Waals surface area contributed by atoms with E-state index in [-0.39, 0.29) is 0 Å². The Morgan fingerprint density at radius 2 is 1.88 bits per heavy atom. The van der Waals surface area contributed by atoms with Crippen molar-refractivity contribution >= 4 is 22.5 Å². The molecule has 1 aliphatic rings. The Morgan fingerprint density at radius 3 is 2.44 bits per heavy atom. The van der Waals surface area contributed by atoms with Crippen molar-refractivity contribution in [3.05, 3.63) is 36.7 Å². The number of thioether (sulfide) groups is 1. The van der Waals surface area contributed by atoms with Crippen molar-refractivity contribution < 1.29 is 0 Å². The predicted molar refractivity (Wildman–Crippen MR) is 71.9 cm³/mol. The van der Waals surface area contributed by atoms with Gasteiger partial charge in [-0.2, -0.15) is 11.8 Å². The summed E-state index contributed by atoms with van der Waals surface area (Å²) in [6.45, 7) is 3.57. The summed E-state index contributed by atoms with van der Waals surface area (Å²) in [5.74, 6) is 4.39. The molecule has 2 heteroatoms. The van der Waals surface area contributed by atoms with Crippen molar-refractivity contribution in [2.75, 3.05) is 11.5 Å². The molecule has 1 aliphatic heterocycles. The minimum Gasteiger partial charge on any atom is -0.353 e. The van der Waals surface area contributed by atoms with Gasteiger partial charge in [0.2, 0.25) is 0 Å². The summed E-state index contributed by atoms with van der Waals surface area (Å²) in [5.41, 5.74) is 0. The van der Waals surface area contributed by atoms with Crippen molar-refractivity contribution in [3.63, 3.8) is 0 Å². The van der Waals surface area contributed by atoms with E-state index in [9.17, 15) is 0 Å². The van der Waals surface area contributed by atoms with Crippen LogP contribution in [0.4, 0.5) is 0 Å². The Balaban J connectivity index is 1.83. The van der Waals surface area contributed by atoms with E-state index in [4.69, 9.17) is 0 Å². The Hall–Kier alpha value is -0.890.